The van der Waals surface area contributed by atoms with Gasteiger partial charge in [-0.3, -0.25) is 0 Å². The molecule has 3 aromatic rings. The molecule has 1 N–H and O–H groups in total. The Morgan fingerprint density at radius 1 is 1.07 bits per heavy atom. The number of ether oxygens (including phenoxy) is 1. The minimum absolute atomic E-state index is 0.134. The lowest BCUT2D eigenvalue weighted by Crippen LogP contribution is -2.47. The smallest absolute Gasteiger partial charge is 0.317 e. The normalized spacial score (nSPS) is 16.9. The first kappa shape index (κ1) is 18.4. The van der Waals surface area contributed by atoms with E-state index in [0.29, 0.717) is 31.8 Å². The van der Waals surface area contributed by atoms with E-state index in [4.69, 9.17) is 4.74 Å². The van der Waals surface area contributed by atoms with E-state index in [9.17, 15) is 9.18 Å². The molecule has 1 fully saturated rings. The fourth-order valence-corrected chi connectivity index (χ4v) is 3.68. The van der Waals surface area contributed by atoms with Gasteiger partial charge in [0, 0.05) is 18.7 Å². The van der Waals surface area contributed by atoms with Crippen molar-refractivity contribution in [2.24, 2.45) is 0 Å². The van der Waals surface area contributed by atoms with Crippen LogP contribution in [0, 0.1) is 5.82 Å². The minimum Gasteiger partial charge on any atom is -0.370 e. The first-order valence-electron chi connectivity index (χ1n) is 9.58. The van der Waals surface area contributed by atoms with Crippen molar-refractivity contribution in [3.8, 4) is 0 Å². The van der Waals surface area contributed by atoms with E-state index >= 15 is 0 Å². The number of urea groups is 1. The number of nitrogens with one attached hydrogen (secondary N) is 1. The minimum atomic E-state index is -0.432. The van der Waals surface area contributed by atoms with Crippen LogP contribution >= 0.6 is 0 Å². The maximum atomic E-state index is 14.0. The summed E-state index contributed by atoms with van der Waals surface area (Å²) >= 11 is 0. The number of carbonyl (C=O) groups excluding carboxylic acids is 1. The van der Waals surface area contributed by atoms with Crippen molar-refractivity contribution in [1.82, 2.24) is 10.2 Å². The molecule has 0 unspecified atom stereocenters. The van der Waals surface area contributed by atoms with Crippen molar-refractivity contribution in [2.75, 3.05) is 26.2 Å². The maximum Gasteiger partial charge on any atom is 0.317 e. The fraction of sp³-hybridized carbons (Fsp3) is 0.261. The van der Waals surface area contributed by atoms with Crippen molar-refractivity contribution in [3.05, 3.63) is 83.7 Å². The average Bonchev–Trinajstić information content (AvgIpc) is 2.74. The van der Waals surface area contributed by atoms with Crippen molar-refractivity contribution < 1.29 is 13.9 Å². The second-order valence-electron chi connectivity index (χ2n) is 6.95. The van der Waals surface area contributed by atoms with Crippen LogP contribution in [0.15, 0.2) is 66.7 Å². The second-order valence-corrected chi connectivity index (χ2v) is 6.95. The summed E-state index contributed by atoms with van der Waals surface area (Å²) < 4.78 is 19.7. The molecule has 144 valence electrons. The van der Waals surface area contributed by atoms with Crippen LogP contribution in [0.25, 0.3) is 10.8 Å². The van der Waals surface area contributed by atoms with Gasteiger partial charge in [-0.2, -0.15) is 0 Å². The van der Waals surface area contributed by atoms with Gasteiger partial charge in [-0.15, -0.1) is 0 Å². The summed E-state index contributed by atoms with van der Waals surface area (Å²) in [6, 6.07) is 20.9. The Bertz CT molecular complexity index is 970. The van der Waals surface area contributed by atoms with Gasteiger partial charge in [-0.05, 0) is 28.8 Å². The van der Waals surface area contributed by atoms with E-state index < -0.39 is 6.10 Å². The summed E-state index contributed by atoms with van der Waals surface area (Å²) in [5.74, 6) is -0.300. The number of carbonyl (C=O) groups is 1. The van der Waals surface area contributed by atoms with E-state index in [2.05, 4.69) is 29.6 Å². The van der Waals surface area contributed by atoms with Gasteiger partial charge in [0.25, 0.3) is 0 Å². The highest BCUT2D eigenvalue weighted by atomic mass is 19.1. The van der Waals surface area contributed by atoms with Crippen LogP contribution in [0.2, 0.25) is 0 Å². The second kappa shape index (κ2) is 8.40. The number of morpholine rings is 1. The molecule has 1 aliphatic rings. The number of halogens is 1. The molecule has 0 saturated carbocycles. The molecule has 2 amide bonds. The fourth-order valence-electron chi connectivity index (χ4n) is 3.68. The highest BCUT2D eigenvalue weighted by molar-refractivity contribution is 5.85. The van der Waals surface area contributed by atoms with Gasteiger partial charge in [-0.1, -0.05) is 60.7 Å². The molecule has 1 aliphatic heterocycles. The summed E-state index contributed by atoms with van der Waals surface area (Å²) in [5, 5.41) is 5.40. The quantitative estimate of drug-likeness (QED) is 0.735. The molecule has 1 heterocycles. The largest absolute Gasteiger partial charge is 0.370 e. The zero-order chi connectivity index (χ0) is 19.3. The van der Waals surface area contributed by atoms with Crippen LogP contribution in [-0.2, 0) is 11.2 Å². The van der Waals surface area contributed by atoms with Gasteiger partial charge < -0.3 is 15.0 Å². The molecule has 1 atom stereocenters. The third-order valence-corrected chi connectivity index (χ3v) is 5.16. The highest BCUT2D eigenvalue weighted by Crippen LogP contribution is 2.24. The number of nitrogens with zero attached hydrogens (tertiary/aromatic N) is 1. The third kappa shape index (κ3) is 3.99. The molecular formula is C23H23FN2O2. The molecule has 5 heteroatoms. The summed E-state index contributed by atoms with van der Waals surface area (Å²) in [5.41, 5.74) is 1.71. The zero-order valence-electron chi connectivity index (χ0n) is 15.6. The first-order valence-corrected chi connectivity index (χ1v) is 9.58. The Balaban J connectivity index is 1.35. The van der Waals surface area contributed by atoms with Crippen molar-refractivity contribution in [1.29, 1.82) is 0 Å². The molecule has 28 heavy (non-hydrogen) atoms. The van der Waals surface area contributed by atoms with Gasteiger partial charge in [0.15, 0.2) is 0 Å². The summed E-state index contributed by atoms with van der Waals surface area (Å²) in [6.07, 6.45) is 0.326. The van der Waals surface area contributed by atoms with Gasteiger partial charge >= 0.3 is 6.03 Å². The van der Waals surface area contributed by atoms with Crippen LogP contribution in [0.1, 0.15) is 17.2 Å². The average molecular weight is 378 g/mol. The van der Waals surface area contributed by atoms with Crippen LogP contribution < -0.4 is 5.32 Å². The molecule has 0 aromatic heterocycles. The summed E-state index contributed by atoms with van der Waals surface area (Å²) in [4.78, 5) is 14.3. The molecule has 0 spiro atoms. The Labute approximate surface area is 163 Å². The van der Waals surface area contributed by atoms with Crippen LogP contribution in [-0.4, -0.2) is 37.2 Å². The van der Waals surface area contributed by atoms with Gasteiger partial charge in [0.1, 0.15) is 11.9 Å². The molecule has 3 aromatic carbocycles. The highest BCUT2D eigenvalue weighted by Gasteiger charge is 2.26. The molecular weight excluding hydrogens is 355 g/mol. The predicted octanol–water partition coefficient (Wildman–Crippen LogP) is 4.30. The van der Waals surface area contributed by atoms with Crippen LogP contribution in [0.3, 0.4) is 0 Å². The maximum absolute atomic E-state index is 14.0. The number of hydrogen-bond donors (Lipinski definition) is 1. The van der Waals surface area contributed by atoms with Crippen LogP contribution in [0.4, 0.5) is 9.18 Å². The van der Waals surface area contributed by atoms with Gasteiger partial charge in [0.05, 0.1) is 13.2 Å². The zero-order valence-corrected chi connectivity index (χ0v) is 15.6. The number of amides is 2. The third-order valence-electron chi connectivity index (χ3n) is 5.16. The van der Waals surface area contributed by atoms with Crippen molar-refractivity contribution >= 4 is 16.8 Å². The lowest BCUT2D eigenvalue weighted by Gasteiger charge is -2.33. The van der Waals surface area contributed by atoms with Crippen molar-refractivity contribution in [2.45, 2.75) is 12.5 Å². The molecule has 4 nitrogen and oxygen atoms in total. The molecule has 0 aliphatic carbocycles. The van der Waals surface area contributed by atoms with E-state index in [0.717, 1.165) is 6.42 Å². The molecule has 1 saturated heterocycles. The van der Waals surface area contributed by atoms with E-state index in [-0.39, 0.29) is 11.8 Å². The topological polar surface area (TPSA) is 41.6 Å². The number of hydrogen-bond acceptors (Lipinski definition) is 2. The Morgan fingerprint density at radius 3 is 2.75 bits per heavy atom. The summed E-state index contributed by atoms with van der Waals surface area (Å²) in [6.45, 7) is 1.80. The first-order chi connectivity index (χ1) is 13.7. The Hall–Kier alpha value is -2.92. The number of fused-ring (bicyclic) bond motifs is 1. The molecule has 4 rings (SSSR count). The lowest BCUT2D eigenvalue weighted by atomic mass is 10.0. The number of benzene rings is 3. The standard InChI is InChI=1S/C23H23FN2O2/c24-21-11-4-3-10-20(21)22-16-26(14-15-28-22)23(27)25-13-12-18-8-5-7-17-6-1-2-9-19(17)18/h1-11,22H,12-16H2,(H,25,27)/t22-/m1/s1. The molecule has 0 bridgehead atoms. The monoisotopic (exact) mass is 378 g/mol. The lowest BCUT2D eigenvalue weighted by molar-refractivity contribution is -0.0170. The van der Waals surface area contributed by atoms with Gasteiger partial charge in [0.2, 0.25) is 0 Å². The van der Waals surface area contributed by atoms with E-state index in [1.54, 1.807) is 23.1 Å². The Kier molecular flexibility index (Phi) is 5.53. The van der Waals surface area contributed by atoms with Gasteiger partial charge in [-0.25, -0.2) is 9.18 Å². The number of rotatable bonds is 4. The van der Waals surface area contributed by atoms with Crippen LogP contribution in [0.5, 0.6) is 0 Å². The summed E-state index contributed by atoms with van der Waals surface area (Å²) in [7, 11) is 0. The SMILES string of the molecule is O=C(NCCc1cccc2ccccc12)N1CCO[C@@H](c2ccccc2F)C1. The van der Waals surface area contributed by atoms with E-state index in [1.807, 2.05) is 18.2 Å². The van der Waals surface area contributed by atoms with Crippen molar-refractivity contribution in [3.63, 3.8) is 0 Å². The Morgan fingerprint density at radius 2 is 1.86 bits per heavy atom. The van der Waals surface area contributed by atoms with E-state index in [1.165, 1.54) is 22.4 Å². The predicted molar refractivity (Wildman–Crippen MR) is 108 cm³/mol. The molecule has 0 radical (unpaired) electrons.